The predicted octanol–water partition coefficient (Wildman–Crippen LogP) is 2.90. The van der Waals surface area contributed by atoms with Gasteiger partial charge in [-0.2, -0.15) is 5.10 Å². The van der Waals surface area contributed by atoms with Crippen LogP contribution in [0.2, 0.25) is 0 Å². The van der Waals surface area contributed by atoms with E-state index in [2.05, 4.69) is 15.6 Å². The minimum absolute atomic E-state index is 0.0308. The molecule has 0 unspecified atom stereocenters. The highest BCUT2D eigenvalue weighted by Gasteiger charge is 2.10. The average Bonchev–Trinajstić information content (AvgIpc) is 3.19. The zero-order chi connectivity index (χ0) is 22.1. The average molecular weight is 418 g/mol. The molecule has 0 fully saturated rings. The molecule has 0 atom stereocenters. The topological polar surface area (TPSA) is 88.9 Å². The van der Waals surface area contributed by atoms with Crippen molar-refractivity contribution in [2.24, 2.45) is 5.92 Å². The van der Waals surface area contributed by atoms with E-state index in [-0.39, 0.29) is 17.7 Å². The molecule has 1 aromatic carbocycles. The minimum Gasteiger partial charge on any atom is -0.354 e. The molecule has 0 aliphatic carbocycles. The van der Waals surface area contributed by atoms with Gasteiger partial charge in [0.25, 0.3) is 0 Å². The van der Waals surface area contributed by atoms with E-state index in [1.54, 1.807) is 18.5 Å². The highest BCUT2D eigenvalue weighted by Crippen LogP contribution is 2.22. The molecule has 2 amide bonds. The van der Waals surface area contributed by atoms with Crippen LogP contribution in [-0.4, -0.2) is 39.7 Å². The van der Waals surface area contributed by atoms with E-state index in [0.29, 0.717) is 19.6 Å². The smallest absolute Gasteiger partial charge is 0.244 e. The van der Waals surface area contributed by atoms with Crippen LogP contribution in [0.3, 0.4) is 0 Å². The van der Waals surface area contributed by atoms with Gasteiger partial charge >= 0.3 is 0 Å². The van der Waals surface area contributed by atoms with Crippen LogP contribution in [-0.2, 0) is 16.1 Å². The summed E-state index contributed by atoms with van der Waals surface area (Å²) in [6.07, 6.45) is 8.62. The van der Waals surface area contributed by atoms with Crippen molar-refractivity contribution < 1.29 is 9.59 Å². The van der Waals surface area contributed by atoms with Crippen molar-refractivity contribution in [2.75, 3.05) is 13.1 Å². The lowest BCUT2D eigenvalue weighted by molar-refractivity contribution is -0.124. The summed E-state index contributed by atoms with van der Waals surface area (Å²) in [6, 6.07) is 13.9. The van der Waals surface area contributed by atoms with Gasteiger partial charge in [-0.1, -0.05) is 44.2 Å². The molecule has 2 heterocycles. The van der Waals surface area contributed by atoms with Gasteiger partial charge in [-0.25, -0.2) is 0 Å². The second kappa shape index (κ2) is 10.9. The summed E-state index contributed by atoms with van der Waals surface area (Å²) in [7, 11) is 0. The van der Waals surface area contributed by atoms with E-state index < -0.39 is 0 Å². The summed E-state index contributed by atoms with van der Waals surface area (Å²) in [5.41, 5.74) is 3.61. The van der Waals surface area contributed by atoms with Gasteiger partial charge in [-0.15, -0.1) is 0 Å². The number of hydrogen-bond acceptors (Lipinski definition) is 4. The summed E-state index contributed by atoms with van der Waals surface area (Å²) < 4.78 is 1.86. The summed E-state index contributed by atoms with van der Waals surface area (Å²) >= 11 is 0. The highest BCUT2D eigenvalue weighted by atomic mass is 16.2. The highest BCUT2D eigenvalue weighted by molar-refractivity contribution is 5.92. The second-order valence-corrected chi connectivity index (χ2v) is 7.43. The third-order valence-corrected chi connectivity index (χ3v) is 4.57. The van der Waals surface area contributed by atoms with E-state index in [9.17, 15) is 9.59 Å². The maximum Gasteiger partial charge on any atom is 0.244 e. The lowest BCUT2D eigenvalue weighted by Crippen LogP contribution is -2.35. The summed E-state index contributed by atoms with van der Waals surface area (Å²) in [4.78, 5) is 27.9. The largest absolute Gasteiger partial charge is 0.354 e. The fraction of sp³-hybridized carbons (Fsp3) is 0.250. The van der Waals surface area contributed by atoms with E-state index >= 15 is 0 Å². The van der Waals surface area contributed by atoms with Crippen molar-refractivity contribution in [2.45, 2.75) is 20.4 Å². The Bertz CT molecular complexity index is 1030. The standard InChI is InChI=1S/C24H27N5O2/c1-18(2)24(31)27-14-13-26-22(30)11-10-21-17-29(16-19-7-4-3-5-8-19)28-23(21)20-9-6-12-25-15-20/h3-12,15,17-18H,13-14,16H2,1-2H3,(H,26,30)(H,27,31)/b11-10+. The maximum absolute atomic E-state index is 12.2. The van der Waals surface area contributed by atoms with Crippen LogP contribution in [0.1, 0.15) is 25.0 Å². The van der Waals surface area contributed by atoms with Gasteiger partial charge in [0.1, 0.15) is 5.69 Å². The molecule has 0 bridgehead atoms. The predicted molar refractivity (Wildman–Crippen MR) is 121 cm³/mol. The Kier molecular flexibility index (Phi) is 7.70. The molecule has 2 N–H and O–H groups in total. The Morgan fingerprint density at radius 1 is 1.06 bits per heavy atom. The van der Waals surface area contributed by atoms with Crippen molar-refractivity contribution in [1.82, 2.24) is 25.4 Å². The molecular weight excluding hydrogens is 390 g/mol. The van der Waals surface area contributed by atoms with Crippen molar-refractivity contribution in [3.8, 4) is 11.3 Å². The summed E-state index contributed by atoms with van der Waals surface area (Å²) in [5, 5.41) is 10.3. The first-order valence-corrected chi connectivity index (χ1v) is 10.3. The number of nitrogens with one attached hydrogen (secondary N) is 2. The quantitative estimate of drug-likeness (QED) is 0.414. The Balaban J connectivity index is 1.68. The van der Waals surface area contributed by atoms with Gasteiger partial charge in [-0.3, -0.25) is 19.3 Å². The van der Waals surface area contributed by atoms with E-state index in [4.69, 9.17) is 5.10 Å². The molecule has 0 aliphatic heterocycles. The first kappa shape index (κ1) is 22.0. The fourth-order valence-corrected chi connectivity index (χ4v) is 2.94. The minimum atomic E-state index is -0.230. The molecule has 31 heavy (non-hydrogen) atoms. The number of aromatic nitrogens is 3. The molecule has 0 spiro atoms. The first-order valence-electron chi connectivity index (χ1n) is 10.3. The van der Waals surface area contributed by atoms with Gasteiger partial charge in [0, 0.05) is 54.8 Å². The number of benzene rings is 1. The Morgan fingerprint density at radius 2 is 1.84 bits per heavy atom. The molecule has 160 valence electrons. The fourth-order valence-electron chi connectivity index (χ4n) is 2.94. The SMILES string of the molecule is CC(C)C(=O)NCCNC(=O)/C=C/c1cn(Cc2ccccc2)nc1-c1cccnc1. The van der Waals surface area contributed by atoms with Crippen LogP contribution in [0, 0.1) is 5.92 Å². The molecule has 2 aromatic heterocycles. The Hall–Kier alpha value is -3.74. The van der Waals surface area contributed by atoms with Crippen molar-refractivity contribution in [3.63, 3.8) is 0 Å². The van der Waals surface area contributed by atoms with Crippen LogP contribution >= 0.6 is 0 Å². The lowest BCUT2D eigenvalue weighted by atomic mass is 10.1. The molecule has 0 saturated carbocycles. The van der Waals surface area contributed by atoms with Gasteiger partial charge in [-0.05, 0) is 23.8 Å². The molecule has 0 radical (unpaired) electrons. The zero-order valence-corrected chi connectivity index (χ0v) is 17.8. The molecule has 7 nitrogen and oxygen atoms in total. The third kappa shape index (κ3) is 6.64. The molecule has 0 aliphatic rings. The third-order valence-electron chi connectivity index (χ3n) is 4.57. The number of amides is 2. The van der Waals surface area contributed by atoms with Crippen LogP contribution in [0.15, 0.2) is 67.1 Å². The van der Waals surface area contributed by atoms with Crippen LogP contribution < -0.4 is 10.6 Å². The second-order valence-electron chi connectivity index (χ2n) is 7.43. The monoisotopic (exact) mass is 417 g/mol. The van der Waals surface area contributed by atoms with E-state index in [1.807, 2.05) is 67.2 Å². The Labute approximate surface area is 182 Å². The normalized spacial score (nSPS) is 11.1. The number of nitrogens with zero attached hydrogens (tertiary/aromatic N) is 3. The molecule has 3 rings (SSSR count). The molecule has 3 aromatic rings. The van der Waals surface area contributed by atoms with Gasteiger partial charge in [0.05, 0.1) is 6.54 Å². The van der Waals surface area contributed by atoms with Crippen molar-refractivity contribution in [1.29, 1.82) is 0 Å². The number of hydrogen-bond donors (Lipinski definition) is 2. The van der Waals surface area contributed by atoms with Crippen LogP contribution in [0.25, 0.3) is 17.3 Å². The van der Waals surface area contributed by atoms with Crippen molar-refractivity contribution >= 4 is 17.9 Å². The lowest BCUT2D eigenvalue weighted by Gasteiger charge is -2.07. The first-order chi connectivity index (χ1) is 15.0. The number of carbonyl (C=O) groups is 2. The van der Waals surface area contributed by atoms with Gasteiger partial charge < -0.3 is 10.6 Å². The van der Waals surface area contributed by atoms with E-state index in [0.717, 1.165) is 22.4 Å². The number of carbonyl (C=O) groups excluding carboxylic acids is 2. The zero-order valence-electron chi connectivity index (χ0n) is 17.8. The molecule has 0 saturated heterocycles. The molecule has 7 heteroatoms. The maximum atomic E-state index is 12.2. The van der Waals surface area contributed by atoms with Gasteiger partial charge in [0.2, 0.25) is 11.8 Å². The van der Waals surface area contributed by atoms with Crippen molar-refractivity contribution in [3.05, 3.63) is 78.3 Å². The van der Waals surface area contributed by atoms with Crippen LogP contribution in [0.5, 0.6) is 0 Å². The molecular formula is C24H27N5O2. The van der Waals surface area contributed by atoms with Gasteiger partial charge in [0.15, 0.2) is 0 Å². The summed E-state index contributed by atoms with van der Waals surface area (Å²) in [5.74, 6) is -0.336. The summed E-state index contributed by atoms with van der Waals surface area (Å²) in [6.45, 7) is 5.05. The van der Waals surface area contributed by atoms with E-state index in [1.165, 1.54) is 6.08 Å². The Morgan fingerprint density at radius 3 is 2.55 bits per heavy atom. The van der Waals surface area contributed by atoms with Crippen LogP contribution in [0.4, 0.5) is 0 Å². The number of rotatable bonds is 9. The number of pyridine rings is 1.